The van der Waals surface area contributed by atoms with Crippen LogP contribution in [0.15, 0.2) is 30.3 Å². The van der Waals surface area contributed by atoms with Crippen molar-refractivity contribution in [1.29, 1.82) is 0 Å². The number of nitrogens with zero attached hydrogens (tertiary/aromatic N) is 3. The highest BCUT2D eigenvalue weighted by Gasteiger charge is 2.48. The summed E-state index contributed by atoms with van der Waals surface area (Å²) < 4.78 is 11.7. The van der Waals surface area contributed by atoms with E-state index in [-0.39, 0.29) is 48.9 Å². The molecular weight excluding hydrogens is 436 g/mol. The molecule has 2 heterocycles. The Balaban J connectivity index is 1.67. The molecule has 0 radical (unpaired) electrons. The van der Waals surface area contributed by atoms with Crippen molar-refractivity contribution < 1.29 is 23.9 Å². The lowest BCUT2D eigenvalue weighted by Gasteiger charge is -2.44. The maximum Gasteiger partial charge on any atom is 0.358 e. The number of fused-ring (bicyclic) bond motifs is 1. The molecular formula is C25H32N4O5. The topological polar surface area (TPSA) is 103 Å². The highest BCUT2D eigenvalue weighted by atomic mass is 16.5. The Morgan fingerprint density at radius 3 is 2.53 bits per heavy atom. The van der Waals surface area contributed by atoms with E-state index in [4.69, 9.17) is 9.47 Å². The third kappa shape index (κ3) is 4.64. The molecule has 0 bridgehead atoms. The number of aromatic nitrogens is 2. The lowest BCUT2D eigenvalue weighted by atomic mass is 9.91. The first kappa shape index (κ1) is 23.8. The molecule has 0 spiro atoms. The number of carbonyl (C=O) groups excluding carboxylic acids is 3. The van der Waals surface area contributed by atoms with Gasteiger partial charge >= 0.3 is 5.97 Å². The van der Waals surface area contributed by atoms with Gasteiger partial charge in [-0.25, -0.2) is 4.79 Å². The summed E-state index contributed by atoms with van der Waals surface area (Å²) in [6.07, 6.45) is 5.23. The van der Waals surface area contributed by atoms with Gasteiger partial charge in [-0.3, -0.25) is 14.3 Å². The monoisotopic (exact) mass is 468 g/mol. The Morgan fingerprint density at radius 1 is 1.18 bits per heavy atom. The number of ether oxygens (including phenoxy) is 2. The lowest BCUT2D eigenvalue weighted by Crippen LogP contribution is -2.64. The molecule has 2 aliphatic rings. The molecule has 1 atom stereocenters. The molecule has 1 fully saturated rings. The van der Waals surface area contributed by atoms with Crippen LogP contribution in [0.2, 0.25) is 0 Å². The molecule has 1 saturated carbocycles. The van der Waals surface area contributed by atoms with E-state index < -0.39 is 11.5 Å². The van der Waals surface area contributed by atoms with Crippen LogP contribution in [0.25, 0.3) is 0 Å². The fraction of sp³-hybridized carbons (Fsp3) is 0.520. The minimum absolute atomic E-state index is 0.0616. The second-order valence-electron chi connectivity index (χ2n) is 9.11. The normalized spacial score (nSPS) is 20.6. The van der Waals surface area contributed by atoms with Crippen LogP contribution in [0.1, 0.15) is 72.5 Å². The smallest absolute Gasteiger partial charge is 0.358 e. The van der Waals surface area contributed by atoms with Crippen LogP contribution in [-0.4, -0.2) is 57.8 Å². The van der Waals surface area contributed by atoms with Gasteiger partial charge < -0.3 is 19.7 Å². The van der Waals surface area contributed by atoms with Crippen LogP contribution in [0, 0.1) is 0 Å². The number of rotatable bonds is 7. The van der Waals surface area contributed by atoms with E-state index in [0.29, 0.717) is 5.75 Å². The fourth-order valence-electron chi connectivity index (χ4n) is 4.70. The number of methoxy groups -OCH3 is 1. The summed E-state index contributed by atoms with van der Waals surface area (Å²) in [6.45, 7) is 4.06. The Bertz CT molecular complexity index is 1060. The zero-order valence-corrected chi connectivity index (χ0v) is 20.0. The van der Waals surface area contributed by atoms with Gasteiger partial charge in [-0.2, -0.15) is 5.10 Å². The molecule has 2 amide bonds. The average molecular weight is 469 g/mol. The van der Waals surface area contributed by atoms with Gasteiger partial charge in [0, 0.05) is 18.7 Å². The van der Waals surface area contributed by atoms with E-state index in [9.17, 15) is 14.4 Å². The van der Waals surface area contributed by atoms with Gasteiger partial charge in [0.05, 0.1) is 20.3 Å². The minimum Gasteiger partial charge on any atom is -0.497 e. The number of amides is 2. The molecule has 9 heteroatoms. The van der Waals surface area contributed by atoms with E-state index in [1.54, 1.807) is 25.9 Å². The van der Waals surface area contributed by atoms with Crippen LogP contribution in [0.5, 0.6) is 5.75 Å². The van der Waals surface area contributed by atoms with E-state index in [2.05, 4.69) is 10.4 Å². The van der Waals surface area contributed by atoms with E-state index in [0.717, 1.165) is 31.2 Å². The van der Waals surface area contributed by atoms with Gasteiger partial charge in [-0.15, -0.1) is 0 Å². The van der Waals surface area contributed by atoms with Crippen molar-refractivity contribution in [3.63, 3.8) is 0 Å². The van der Waals surface area contributed by atoms with Gasteiger partial charge in [0.25, 0.3) is 5.91 Å². The summed E-state index contributed by atoms with van der Waals surface area (Å²) in [5.74, 6) is -0.442. The van der Waals surface area contributed by atoms with E-state index in [1.165, 1.54) is 17.2 Å². The molecule has 1 aromatic carbocycles. The van der Waals surface area contributed by atoms with Crippen molar-refractivity contribution in [2.75, 3.05) is 13.7 Å². The zero-order chi connectivity index (χ0) is 24.3. The van der Waals surface area contributed by atoms with Crippen molar-refractivity contribution >= 4 is 17.8 Å². The Morgan fingerprint density at radius 2 is 1.88 bits per heavy atom. The summed E-state index contributed by atoms with van der Waals surface area (Å²) in [5.41, 5.74) is 0.00910. The summed E-state index contributed by atoms with van der Waals surface area (Å²) in [4.78, 5) is 41.1. The molecule has 1 aromatic heterocycles. The number of benzene rings is 1. The van der Waals surface area contributed by atoms with Gasteiger partial charge in [0.1, 0.15) is 17.0 Å². The van der Waals surface area contributed by atoms with Gasteiger partial charge in [0.15, 0.2) is 5.69 Å². The molecule has 1 unspecified atom stereocenters. The van der Waals surface area contributed by atoms with E-state index in [1.807, 2.05) is 24.3 Å². The predicted octanol–water partition coefficient (Wildman–Crippen LogP) is 2.93. The van der Waals surface area contributed by atoms with Crippen LogP contribution in [0.3, 0.4) is 0 Å². The molecule has 1 aliphatic heterocycles. The lowest BCUT2D eigenvalue weighted by molar-refractivity contribution is -0.134. The third-order valence-corrected chi connectivity index (χ3v) is 6.71. The second kappa shape index (κ2) is 9.87. The summed E-state index contributed by atoms with van der Waals surface area (Å²) >= 11 is 0. The van der Waals surface area contributed by atoms with Crippen molar-refractivity contribution in [3.8, 4) is 5.75 Å². The first-order valence-electron chi connectivity index (χ1n) is 11.9. The molecule has 1 aliphatic carbocycles. The van der Waals surface area contributed by atoms with Crippen LogP contribution in [0.4, 0.5) is 0 Å². The van der Waals surface area contributed by atoms with E-state index >= 15 is 0 Å². The molecule has 182 valence electrons. The molecule has 1 N–H and O–H groups in total. The Labute approximate surface area is 199 Å². The summed E-state index contributed by atoms with van der Waals surface area (Å²) in [6, 6.07) is 8.95. The average Bonchev–Trinajstić information content (AvgIpc) is 3.27. The summed E-state index contributed by atoms with van der Waals surface area (Å²) in [7, 11) is 1.60. The largest absolute Gasteiger partial charge is 0.497 e. The quantitative estimate of drug-likeness (QED) is 0.627. The fourth-order valence-corrected chi connectivity index (χ4v) is 4.70. The second-order valence-corrected chi connectivity index (χ2v) is 9.11. The minimum atomic E-state index is -1.18. The number of carbonyl (C=O) groups is 3. The summed E-state index contributed by atoms with van der Waals surface area (Å²) in [5, 5.41) is 7.49. The maximum atomic E-state index is 13.7. The van der Waals surface area contributed by atoms with Gasteiger partial charge in [-0.05, 0) is 44.4 Å². The number of esters is 1. The first-order valence-corrected chi connectivity index (χ1v) is 11.9. The van der Waals surface area contributed by atoms with Crippen LogP contribution < -0.4 is 10.1 Å². The first-order chi connectivity index (χ1) is 16.4. The Hall–Kier alpha value is -3.36. The highest BCUT2D eigenvalue weighted by Crippen LogP contribution is 2.31. The van der Waals surface area contributed by atoms with Crippen molar-refractivity contribution in [2.45, 2.75) is 70.6 Å². The number of hydrogen-bond acceptors (Lipinski definition) is 6. The van der Waals surface area contributed by atoms with Crippen LogP contribution in [-0.2, 0) is 22.6 Å². The number of hydrogen-bond donors (Lipinski definition) is 1. The van der Waals surface area contributed by atoms with Crippen molar-refractivity contribution in [2.24, 2.45) is 0 Å². The molecule has 9 nitrogen and oxygen atoms in total. The molecule has 2 aromatic rings. The molecule has 4 rings (SSSR count). The Kier molecular flexibility index (Phi) is 6.90. The number of nitrogens with one attached hydrogen (secondary N) is 1. The SMILES string of the molecule is CCOC(=O)c1cc2n(n1)CC(C)(C(=O)NC1CCCCC1)N(Cc1ccc(OC)cc1)C2=O. The van der Waals surface area contributed by atoms with Gasteiger partial charge in [0.2, 0.25) is 5.91 Å². The van der Waals surface area contributed by atoms with Crippen LogP contribution >= 0.6 is 0 Å². The maximum absolute atomic E-state index is 13.7. The molecule has 0 saturated heterocycles. The van der Waals surface area contributed by atoms with Gasteiger partial charge in [-0.1, -0.05) is 31.4 Å². The zero-order valence-electron chi connectivity index (χ0n) is 20.0. The van der Waals surface area contributed by atoms with Crippen molar-refractivity contribution in [1.82, 2.24) is 20.0 Å². The molecule has 34 heavy (non-hydrogen) atoms. The van der Waals surface area contributed by atoms with Crippen molar-refractivity contribution in [3.05, 3.63) is 47.3 Å². The third-order valence-electron chi connectivity index (χ3n) is 6.71. The highest BCUT2D eigenvalue weighted by molar-refractivity contribution is 6.01. The standard InChI is InChI=1S/C25H32N4O5/c1-4-34-23(31)20-14-21-22(30)28(15-17-10-12-19(33-3)13-11-17)25(2,16-29(21)27-20)24(32)26-18-8-6-5-7-9-18/h10-14,18H,4-9,15-16H2,1-3H3,(H,26,32). The predicted molar refractivity (Wildman–Crippen MR) is 124 cm³/mol.